The molecule has 2 N–H and O–H groups in total. The summed E-state index contributed by atoms with van der Waals surface area (Å²) in [5, 5.41) is 20.4. The molecule has 0 amide bonds. The fourth-order valence-corrected chi connectivity index (χ4v) is 8.13. The van der Waals surface area contributed by atoms with Gasteiger partial charge < -0.3 is 14.9 Å². The molecule has 3 nitrogen and oxygen atoms in total. The van der Waals surface area contributed by atoms with E-state index < -0.39 is 0 Å². The SMILES string of the molecule is CSC(C)(C)OC1CCC2C3CCC4(CCO)CC(O)CCC4(C)C3=CCC12C. The minimum atomic E-state index is -0.196. The topological polar surface area (TPSA) is 49.7 Å². The molecular formula is C25H42O3S. The van der Waals surface area contributed by atoms with Gasteiger partial charge in [0, 0.05) is 12.0 Å². The molecule has 4 aliphatic carbocycles. The highest BCUT2D eigenvalue weighted by Gasteiger charge is 2.62. The Hall–Kier alpha value is -0.0300. The van der Waals surface area contributed by atoms with E-state index in [1.807, 2.05) is 11.8 Å². The fraction of sp³-hybridized carbons (Fsp3) is 0.920. The van der Waals surface area contributed by atoms with Crippen molar-refractivity contribution < 1.29 is 14.9 Å². The van der Waals surface area contributed by atoms with Crippen molar-refractivity contribution in [2.24, 2.45) is 28.1 Å². The highest BCUT2D eigenvalue weighted by Crippen LogP contribution is 2.69. The van der Waals surface area contributed by atoms with Crippen molar-refractivity contribution in [1.82, 2.24) is 0 Å². The predicted octanol–water partition coefficient (Wildman–Crippen LogP) is 5.55. The number of hydrogen-bond acceptors (Lipinski definition) is 4. The van der Waals surface area contributed by atoms with Crippen LogP contribution in [-0.2, 0) is 4.74 Å². The molecule has 0 aromatic heterocycles. The zero-order valence-electron chi connectivity index (χ0n) is 19.2. The molecule has 0 aliphatic heterocycles. The van der Waals surface area contributed by atoms with Crippen LogP contribution < -0.4 is 0 Å². The summed E-state index contributed by atoms with van der Waals surface area (Å²) >= 11 is 1.81. The molecule has 29 heavy (non-hydrogen) atoms. The standard InChI is InChI=1S/C25H42O3S/c1-22(2,29-5)28-21-7-6-19-18-9-13-25(14-15-26)16-17(27)8-12-24(25,4)20(18)10-11-23(19,21)3/h10,17-19,21,26-27H,6-9,11-16H2,1-5H3. The lowest BCUT2D eigenvalue weighted by atomic mass is 9.42. The van der Waals surface area contributed by atoms with Crippen molar-refractivity contribution in [2.75, 3.05) is 12.9 Å². The lowest BCUT2D eigenvalue weighted by Crippen LogP contribution is -2.55. The summed E-state index contributed by atoms with van der Waals surface area (Å²) in [5.41, 5.74) is 2.13. The van der Waals surface area contributed by atoms with Gasteiger partial charge in [0.05, 0.1) is 12.2 Å². The Bertz CT molecular complexity index is 660. The van der Waals surface area contributed by atoms with Crippen LogP contribution in [0.15, 0.2) is 11.6 Å². The summed E-state index contributed by atoms with van der Waals surface area (Å²) < 4.78 is 6.67. The van der Waals surface area contributed by atoms with Crippen LogP contribution in [0.4, 0.5) is 0 Å². The molecule has 0 bridgehead atoms. The molecule has 4 rings (SSSR count). The van der Waals surface area contributed by atoms with E-state index in [9.17, 15) is 10.2 Å². The van der Waals surface area contributed by atoms with Crippen molar-refractivity contribution >= 4 is 11.8 Å². The van der Waals surface area contributed by atoms with Crippen LogP contribution in [0.1, 0.15) is 85.5 Å². The van der Waals surface area contributed by atoms with Crippen LogP contribution in [0.3, 0.4) is 0 Å². The van der Waals surface area contributed by atoms with Crippen molar-refractivity contribution in [3.05, 3.63) is 11.6 Å². The minimum absolute atomic E-state index is 0.0742. The van der Waals surface area contributed by atoms with Crippen molar-refractivity contribution in [3.8, 4) is 0 Å². The summed E-state index contributed by atoms with van der Waals surface area (Å²) in [5.74, 6) is 1.37. The maximum absolute atomic E-state index is 10.5. The Morgan fingerprint density at radius 3 is 2.62 bits per heavy atom. The lowest BCUT2D eigenvalue weighted by Gasteiger charge is -2.62. The van der Waals surface area contributed by atoms with Gasteiger partial charge in [-0.1, -0.05) is 25.5 Å². The first-order valence-electron chi connectivity index (χ1n) is 11.8. The quantitative estimate of drug-likeness (QED) is 0.451. The van der Waals surface area contributed by atoms with Gasteiger partial charge in [0.15, 0.2) is 0 Å². The van der Waals surface area contributed by atoms with E-state index in [1.54, 1.807) is 5.57 Å². The summed E-state index contributed by atoms with van der Waals surface area (Å²) in [6.07, 6.45) is 14.5. The van der Waals surface area contributed by atoms with Gasteiger partial charge in [-0.25, -0.2) is 0 Å². The monoisotopic (exact) mass is 422 g/mol. The average molecular weight is 423 g/mol. The second kappa shape index (κ2) is 7.53. The molecule has 0 saturated heterocycles. The fourth-order valence-electron chi connectivity index (χ4n) is 7.92. The summed E-state index contributed by atoms with van der Waals surface area (Å²) in [6, 6.07) is 0. The number of thioether (sulfide) groups is 1. The summed E-state index contributed by atoms with van der Waals surface area (Å²) in [7, 11) is 0. The van der Waals surface area contributed by atoms with Crippen LogP contribution >= 0.6 is 11.8 Å². The van der Waals surface area contributed by atoms with Gasteiger partial charge in [0.2, 0.25) is 0 Å². The van der Waals surface area contributed by atoms with Crippen molar-refractivity contribution in [1.29, 1.82) is 0 Å². The van der Waals surface area contributed by atoms with Crippen molar-refractivity contribution in [2.45, 2.75) is 103 Å². The molecule has 0 spiro atoms. The Morgan fingerprint density at radius 1 is 1.17 bits per heavy atom. The van der Waals surface area contributed by atoms with E-state index in [0.29, 0.717) is 17.9 Å². The van der Waals surface area contributed by atoms with Gasteiger partial charge in [-0.05, 0) is 101 Å². The van der Waals surface area contributed by atoms with Crippen LogP contribution in [0.5, 0.6) is 0 Å². The van der Waals surface area contributed by atoms with E-state index in [4.69, 9.17) is 4.74 Å². The van der Waals surface area contributed by atoms with Crippen LogP contribution in [0.25, 0.3) is 0 Å². The third kappa shape index (κ3) is 3.36. The van der Waals surface area contributed by atoms with E-state index in [1.165, 1.54) is 19.3 Å². The molecule has 0 heterocycles. The molecule has 0 radical (unpaired) electrons. The first-order valence-corrected chi connectivity index (χ1v) is 13.1. The molecular weight excluding hydrogens is 380 g/mol. The van der Waals surface area contributed by atoms with Gasteiger partial charge >= 0.3 is 0 Å². The first kappa shape index (κ1) is 22.2. The molecule has 4 heteroatoms. The second-order valence-electron chi connectivity index (χ2n) is 11.4. The molecule has 7 unspecified atom stereocenters. The average Bonchev–Trinajstić information content (AvgIpc) is 2.99. The lowest BCUT2D eigenvalue weighted by molar-refractivity contribution is -0.109. The number of fused-ring (bicyclic) bond motifs is 5. The molecule has 0 aromatic carbocycles. The van der Waals surface area contributed by atoms with Gasteiger partial charge in [0.25, 0.3) is 0 Å². The third-order valence-electron chi connectivity index (χ3n) is 9.82. The van der Waals surface area contributed by atoms with Crippen molar-refractivity contribution in [3.63, 3.8) is 0 Å². The molecule has 4 aliphatic rings. The van der Waals surface area contributed by atoms with E-state index in [0.717, 1.165) is 38.5 Å². The number of allylic oxidation sites excluding steroid dienone is 2. The normalized spacial score (nSPS) is 47.2. The molecule has 0 aromatic rings. The zero-order chi connectivity index (χ0) is 21.1. The third-order valence-corrected chi connectivity index (χ3v) is 10.9. The minimum Gasteiger partial charge on any atom is -0.396 e. The van der Waals surface area contributed by atoms with E-state index in [-0.39, 0.29) is 33.9 Å². The van der Waals surface area contributed by atoms with E-state index >= 15 is 0 Å². The number of rotatable bonds is 5. The van der Waals surface area contributed by atoms with Crippen LogP contribution in [-0.4, -0.2) is 40.2 Å². The van der Waals surface area contributed by atoms with Crippen LogP contribution in [0, 0.1) is 28.1 Å². The number of hydrogen-bond donors (Lipinski definition) is 2. The Morgan fingerprint density at radius 2 is 1.93 bits per heavy atom. The van der Waals surface area contributed by atoms with Gasteiger partial charge in [-0.3, -0.25) is 0 Å². The van der Waals surface area contributed by atoms with Gasteiger partial charge in [-0.15, -0.1) is 11.8 Å². The maximum Gasteiger partial charge on any atom is 0.108 e. The van der Waals surface area contributed by atoms with Gasteiger partial charge in [-0.2, -0.15) is 0 Å². The highest BCUT2D eigenvalue weighted by atomic mass is 32.2. The molecule has 3 fully saturated rings. The maximum atomic E-state index is 10.5. The summed E-state index contributed by atoms with van der Waals surface area (Å²) in [6.45, 7) is 9.60. The highest BCUT2D eigenvalue weighted by molar-refractivity contribution is 7.99. The summed E-state index contributed by atoms with van der Waals surface area (Å²) in [4.78, 5) is -0.124. The number of aliphatic hydroxyl groups excluding tert-OH is 2. The smallest absolute Gasteiger partial charge is 0.108 e. The number of aliphatic hydroxyl groups is 2. The molecule has 7 atom stereocenters. The number of ether oxygens (including phenoxy) is 1. The Kier molecular flexibility index (Phi) is 5.76. The molecule has 3 saturated carbocycles. The van der Waals surface area contributed by atoms with Crippen LogP contribution in [0.2, 0.25) is 0 Å². The molecule has 166 valence electrons. The first-order chi connectivity index (χ1) is 13.6. The Labute approximate surface area is 182 Å². The van der Waals surface area contributed by atoms with E-state index in [2.05, 4.69) is 40.0 Å². The predicted molar refractivity (Wildman–Crippen MR) is 121 cm³/mol. The second-order valence-corrected chi connectivity index (χ2v) is 12.8. The largest absolute Gasteiger partial charge is 0.396 e. The zero-order valence-corrected chi connectivity index (χ0v) is 20.0. The Balaban J connectivity index is 1.66. The van der Waals surface area contributed by atoms with Gasteiger partial charge in [0.1, 0.15) is 4.93 Å².